The Morgan fingerprint density at radius 3 is 2.68 bits per heavy atom. The van der Waals surface area contributed by atoms with Gasteiger partial charge in [-0.3, -0.25) is 0 Å². The van der Waals surface area contributed by atoms with Gasteiger partial charge in [0.2, 0.25) is 0 Å². The third kappa shape index (κ3) is 4.52. The van der Waals surface area contributed by atoms with E-state index in [1.807, 2.05) is 42.5 Å². The third-order valence-corrected chi connectivity index (χ3v) is 3.88. The van der Waals surface area contributed by atoms with Gasteiger partial charge in [0, 0.05) is 16.3 Å². The minimum Gasteiger partial charge on any atom is -0.494 e. The minimum atomic E-state index is 0.739. The van der Waals surface area contributed by atoms with Gasteiger partial charge in [-0.05, 0) is 43.2 Å². The van der Waals surface area contributed by atoms with Crippen LogP contribution in [0, 0.1) is 6.92 Å². The number of ether oxygens (including phenoxy) is 1. The number of nitrogen functional groups attached to an aromatic ring is 1. The lowest BCUT2D eigenvalue weighted by atomic mass is 10.2. The fourth-order valence-electron chi connectivity index (χ4n) is 1.71. The van der Waals surface area contributed by atoms with E-state index < -0.39 is 0 Å². The molecule has 0 bridgehead atoms. The molecule has 0 aliphatic heterocycles. The Balaban J connectivity index is 1.71. The van der Waals surface area contributed by atoms with Crippen LogP contribution in [0.5, 0.6) is 5.75 Å². The summed E-state index contributed by atoms with van der Waals surface area (Å²) in [6, 6.07) is 16.1. The van der Waals surface area contributed by atoms with Crippen molar-refractivity contribution in [2.75, 3.05) is 18.1 Å². The van der Waals surface area contributed by atoms with Crippen molar-refractivity contribution in [3.8, 4) is 5.75 Å². The fraction of sp³-hybridized carbons (Fsp3) is 0.250. The van der Waals surface area contributed by atoms with Crippen LogP contribution >= 0.6 is 11.8 Å². The smallest absolute Gasteiger partial charge is 0.119 e. The molecule has 0 saturated heterocycles. The van der Waals surface area contributed by atoms with Crippen molar-refractivity contribution in [2.45, 2.75) is 18.2 Å². The second-order valence-corrected chi connectivity index (χ2v) is 5.54. The number of thioether (sulfide) groups is 1. The lowest BCUT2D eigenvalue weighted by molar-refractivity contribution is 0.319. The van der Waals surface area contributed by atoms with Crippen molar-refractivity contribution in [3.05, 3.63) is 54.1 Å². The second kappa shape index (κ2) is 7.10. The summed E-state index contributed by atoms with van der Waals surface area (Å²) in [5.41, 5.74) is 8.05. The summed E-state index contributed by atoms with van der Waals surface area (Å²) in [5, 5.41) is 0. The van der Waals surface area contributed by atoms with Gasteiger partial charge < -0.3 is 10.5 Å². The van der Waals surface area contributed by atoms with E-state index >= 15 is 0 Å². The molecule has 2 rings (SSSR count). The predicted molar refractivity (Wildman–Crippen MR) is 82.9 cm³/mol. The fourth-order valence-corrected chi connectivity index (χ4v) is 2.70. The minimum absolute atomic E-state index is 0.739. The number of hydrogen-bond donors (Lipinski definition) is 1. The third-order valence-electron chi connectivity index (χ3n) is 2.73. The molecule has 2 N–H and O–H groups in total. The second-order valence-electron chi connectivity index (χ2n) is 4.40. The molecule has 19 heavy (non-hydrogen) atoms. The molecule has 3 heteroatoms. The van der Waals surface area contributed by atoms with E-state index in [1.165, 1.54) is 10.5 Å². The summed E-state index contributed by atoms with van der Waals surface area (Å²) in [6.07, 6.45) is 1.01. The first kappa shape index (κ1) is 13.8. The molecular formula is C16H19NOS. The van der Waals surface area contributed by atoms with Crippen LogP contribution in [0.1, 0.15) is 12.0 Å². The van der Waals surface area contributed by atoms with E-state index in [0.717, 1.165) is 30.2 Å². The molecule has 0 saturated carbocycles. The maximum absolute atomic E-state index is 5.94. The Kier molecular flexibility index (Phi) is 5.16. The first-order valence-corrected chi connectivity index (χ1v) is 7.41. The van der Waals surface area contributed by atoms with Gasteiger partial charge in [0.15, 0.2) is 0 Å². The number of benzene rings is 2. The Morgan fingerprint density at radius 2 is 1.89 bits per heavy atom. The lowest BCUT2D eigenvalue weighted by Gasteiger charge is -2.08. The predicted octanol–water partition coefficient (Wildman–Crippen LogP) is 4.14. The molecular weight excluding hydrogens is 254 g/mol. The summed E-state index contributed by atoms with van der Waals surface area (Å²) < 4.78 is 5.65. The van der Waals surface area contributed by atoms with Gasteiger partial charge in [-0.15, -0.1) is 11.8 Å². The first-order chi connectivity index (χ1) is 9.25. The van der Waals surface area contributed by atoms with Gasteiger partial charge in [-0.1, -0.05) is 24.3 Å². The molecule has 2 nitrogen and oxygen atoms in total. The molecule has 0 atom stereocenters. The van der Waals surface area contributed by atoms with Crippen LogP contribution in [0.4, 0.5) is 5.69 Å². The van der Waals surface area contributed by atoms with E-state index in [0.29, 0.717) is 0 Å². The number of para-hydroxylation sites is 1. The van der Waals surface area contributed by atoms with Gasteiger partial charge in [0.05, 0.1) is 6.61 Å². The van der Waals surface area contributed by atoms with Crippen molar-refractivity contribution >= 4 is 17.4 Å². The van der Waals surface area contributed by atoms with Crippen LogP contribution in [0.2, 0.25) is 0 Å². The zero-order valence-electron chi connectivity index (χ0n) is 11.1. The lowest BCUT2D eigenvalue weighted by Crippen LogP contribution is -1.99. The molecule has 0 radical (unpaired) electrons. The molecule has 0 spiro atoms. The molecule has 0 amide bonds. The standard InChI is InChI=1S/C16H19NOS/c1-13-8-9-15(17)16(12-13)19-11-5-10-18-14-6-3-2-4-7-14/h2-4,6-9,12H,5,10-11,17H2,1H3. The Labute approximate surface area is 119 Å². The highest BCUT2D eigenvalue weighted by atomic mass is 32.2. The molecule has 100 valence electrons. The van der Waals surface area contributed by atoms with E-state index in [-0.39, 0.29) is 0 Å². The zero-order chi connectivity index (χ0) is 13.5. The average molecular weight is 273 g/mol. The van der Waals surface area contributed by atoms with E-state index in [2.05, 4.69) is 13.0 Å². The van der Waals surface area contributed by atoms with Crippen molar-refractivity contribution < 1.29 is 4.74 Å². The highest BCUT2D eigenvalue weighted by Crippen LogP contribution is 2.26. The summed E-state index contributed by atoms with van der Waals surface area (Å²) >= 11 is 1.79. The Hall–Kier alpha value is -1.61. The number of hydrogen-bond acceptors (Lipinski definition) is 3. The zero-order valence-corrected chi connectivity index (χ0v) is 12.0. The maximum atomic E-state index is 5.94. The van der Waals surface area contributed by atoms with Crippen molar-refractivity contribution in [1.29, 1.82) is 0 Å². The number of nitrogens with two attached hydrogens (primary N) is 1. The van der Waals surface area contributed by atoms with Crippen LogP contribution in [-0.2, 0) is 0 Å². The molecule has 0 aromatic heterocycles. The molecule has 0 aliphatic rings. The Bertz CT molecular complexity index is 513. The van der Waals surface area contributed by atoms with E-state index in [9.17, 15) is 0 Å². The van der Waals surface area contributed by atoms with Gasteiger partial charge in [-0.25, -0.2) is 0 Å². The normalized spacial score (nSPS) is 10.4. The van der Waals surface area contributed by atoms with Crippen molar-refractivity contribution in [2.24, 2.45) is 0 Å². The van der Waals surface area contributed by atoms with Gasteiger partial charge in [-0.2, -0.15) is 0 Å². The topological polar surface area (TPSA) is 35.2 Å². The van der Waals surface area contributed by atoms with Gasteiger partial charge in [0.25, 0.3) is 0 Å². The van der Waals surface area contributed by atoms with E-state index in [1.54, 1.807) is 11.8 Å². The quantitative estimate of drug-likeness (QED) is 0.488. The van der Waals surface area contributed by atoms with Crippen molar-refractivity contribution in [3.63, 3.8) is 0 Å². The van der Waals surface area contributed by atoms with E-state index in [4.69, 9.17) is 10.5 Å². The number of rotatable bonds is 6. The number of aryl methyl sites for hydroxylation is 1. The largest absolute Gasteiger partial charge is 0.494 e. The van der Waals surface area contributed by atoms with Crippen molar-refractivity contribution in [1.82, 2.24) is 0 Å². The Morgan fingerprint density at radius 1 is 1.11 bits per heavy atom. The molecule has 0 heterocycles. The maximum Gasteiger partial charge on any atom is 0.119 e. The van der Waals surface area contributed by atoms with Crippen LogP contribution in [-0.4, -0.2) is 12.4 Å². The molecule has 2 aromatic carbocycles. The highest BCUT2D eigenvalue weighted by Gasteiger charge is 2.00. The molecule has 0 unspecified atom stereocenters. The molecule has 2 aromatic rings. The monoisotopic (exact) mass is 273 g/mol. The molecule has 0 aliphatic carbocycles. The van der Waals surface area contributed by atoms with Gasteiger partial charge in [0.1, 0.15) is 5.75 Å². The summed E-state index contributed by atoms with van der Waals surface area (Å²) in [6.45, 7) is 2.82. The van der Waals surface area contributed by atoms with Crippen LogP contribution in [0.25, 0.3) is 0 Å². The molecule has 0 fully saturated rings. The summed E-state index contributed by atoms with van der Waals surface area (Å²) in [4.78, 5) is 1.17. The first-order valence-electron chi connectivity index (χ1n) is 6.42. The van der Waals surface area contributed by atoms with Crippen LogP contribution < -0.4 is 10.5 Å². The summed E-state index contributed by atoms with van der Waals surface area (Å²) in [7, 11) is 0. The SMILES string of the molecule is Cc1ccc(N)c(SCCCOc2ccccc2)c1. The van der Waals surface area contributed by atoms with Crippen LogP contribution in [0.3, 0.4) is 0 Å². The average Bonchev–Trinajstić information content (AvgIpc) is 2.43. The van der Waals surface area contributed by atoms with Gasteiger partial charge >= 0.3 is 0 Å². The van der Waals surface area contributed by atoms with Crippen LogP contribution in [0.15, 0.2) is 53.4 Å². The summed E-state index contributed by atoms with van der Waals surface area (Å²) in [5.74, 6) is 1.95. The highest BCUT2D eigenvalue weighted by molar-refractivity contribution is 7.99. The number of anilines is 1.